The van der Waals surface area contributed by atoms with E-state index in [0.717, 1.165) is 33.8 Å². The molecule has 1 aromatic heterocycles. The Morgan fingerprint density at radius 3 is 2.42 bits per heavy atom. The van der Waals surface area contributed by atoms with Crippen LogP contribution in [-0.2, 0) is 11.3 Å². The van der Waals surface area contributed by atoms with Crippen molar-refractivity contribution in [3.8, 4) is 5.75 Å². The number of carbonyl (C=O) groups is 2. The molecule has 0 radical (unpaired) electrons. The number of halogens is 2. The van der Waals surface area contributed by atoms with Gasteiger partial charge in [0.2, 0.25) is 0 Å². The van der Waals surface area contributed by atoms with Crippen molar-refractivity contribution in [3.63, 3.8) is 0 Å². The number of nitrogens with one attached hydrogen (secondary N) is 2. The quantitative estimate of drug-likeness (QED) is 0.250. The van der Waals surface area contributed by atoms with Crippen molar-refractivity contribution in [2.24, 2.45) is 0 Å². The molecule has 1 aliphatic heterocycles. The number of benzene rings is 3. The molecular formula is C30H25Cl2N3O3. The molecule has 0 spiro atoms. The fourth-order valence-corrected chi connectivity index (χ4v) is 4.86. The smallest absolute Gasteiger partial charge is 0.259 e. The summed E-state index contributed by atoms with van der Waals surface area (Å²) >= 11 is 12.3. The zero-order valence-electron chi connectivity index (χ0n) is 21.1. The number of carbonyl (C=O) groups excluding carboxylic acids is 2. The van der Waals surface area contributed by atoms with Crippen LogP contribution in [0.3, 0.4) is 0 Å². The van der Waals surface area contributed by atoms with E-state index in [2.05, 4.69) is 10.3 Å². The number of aromatic amines is 1. The van der Waals surface area contributed by atoms with Crippen LogP contribution in [0.5, 0.6) is 5.75 Å². The fraction of sp³-hybridized carbons (Fsp3) is 0.133. The molecule has 0 bridgehead atoms. The lowest BCUT2D eigenvalue weighted by Gasteiger charge is -2.18. The third kappa shape index (κ3) is 5.05. The SMILES string of the molecule is COc1ccc(C(=O)Nc2ccc3c(c2)/C(=C/c2[nH]c(C)cc2C)C(=O)N3Cc2ccc(Cl)c(Cl)c2)cc1. The first-order chi connectivity index (χ1) is 18.2. The zero-order valence-corrected chi connectivity index (χ0v) is 22.6. The number of ether oxygens (including phenoxy) is 1. The Hall–Kier alpha value is -4.00. The Morgan fingerprint density at radius 1 is 1.00 bits per heavy atom. The summed E-state index contributed by atoms with van der Waals surface area (Å²) in [4.78, 5) is 31.7. The van der Waals surface area contributed by atoms with Gasteiger partial charge in [0.05, 0.1) is 35.0 Å². The number of rotatable bonds is 6. The van der Waals surface area contributed by atoms with Gasteiger partial charge in [-0.05, 0) is 91.7 Å². The highest BCUT2D eigenvalue weighted by atomic mass is 35.5. The molecule has 2 heterocycles. The maximum atomic E-state index is 13.7. The van der Waals surface area contributed by atoms with Crippen LogP contribution in [-0.4, -0.2) is 23.9 Å². The molecular weight excluding hydrogens is 521 g/mol. The first-order valence-electron chi connectivity index (χ1n) is 12.0. The van der Waals surface area contributed by atoms with E-state index in [1.54, 1.807) is 54.5 Å². The predicted molar refractivity (Wildman–Crippen MR) is 153 cm³/mol. The van der Waals surface area contributed by atoms with Crippen molar-refractivity contribution in [2.75, 3.05) is 17.3 Å². The zero-order chi connectivity index (χ0) is 27.0. The van der Waals surface area contributed by atoms with Crippen LogP contribution in [0.25, 0.3) is 11.6 Å². The highest BCUT2D eigenvalue weighted by molar-refractivity contribution is 6.42. The van der Waals surface area contributed by atoms with Crippen molar-refractivity contribution in [1.29, 1.82) is 0 Å². The average molecular weight is 546 g/mol. The molecule has 0 saturated carbocycles. The maximum absolute atomic E-state index is 13.7. The molecule has 0 saturated heterocycles. The van der Waals surface area contributed by atoms with Crippen LogP contribution < -0.4 is 15.0 Å². The topological polar surface area (TPSA) is 74.4 Å². The molecule has 4 aromatic rings. The number of fused-ring (bicyclic) bond motifs is 1. The molecule has 2 N–H and O–H groups in total. The van der Waals surface area contributed by atoms with E-state index in [0.29, 0.717) is 39.2 Å². The Bertz CT molecular complexity index is 1590. The Morgan fingerprint density at radius 2 is 1.76 bits per heavy atom. The highest BCUT2D eigenvalue weighted by Crippen LogP contribution is 2.41. The van der Waals surface area contributed by atoms with Gasteiger partial charge in [0.25, 0.3) is 11.8 Å². The van der Waals surface area contributed by atoms with Crippen molar-refractivity contribution >= 4 is 58.0 Å². The molecule has 5 rings (SSSR count). The summed E-state index contributed by atoms with van der Waals surface area (Å²) in [7, 11) is 1.58. The molecule has 0 unspecified atom stereocenters. The highest BCUT2D eigenvalue weighted by Gasteiger charge is 2.33. The van der Waals surface area contributed by atoms with Gasteiger partial charge < -0.3 is 19.9 Å². The Balaban J connectivity index is 1.52. The molecule has 0 fully saturated rings. The molecule has 38 heavy (non-hydrogen) atoms. The summed E-state index contributed by atoms with van der Waals surface area (Å²) in [5.74, 6) is 0.270. The first-order valence-corrected chi connectivity index (χ1v) is 12.7. The minimum absolute atomic E-state index is 0.142. The number of anilines is 2. The average Bonchev–Trinajstić information content (AvgIpc) is 3.36. The molecule has 0 atom stereocenters. The summed E-state index contributed by atoms with van der Waals surface area (Å²) in [5.41, 5.74) is 6.85. The van der Waals surface area contributed by atoms with Crippen molar-refractivity contribution in [3.05, 3.63) is 110 Å². The lowest BCUT2D eigenvalue weighted by Crippen LogP contribution is -2.25. The van der Waals surface area contributed by atoms with Crippen LogP contribution in [0.15, 0.2) is 66.7 Å². The second kappa shape index (κ2) is 10.4. The number of hydrogen-bond acceptors (Lipinski definition) is 3. The van der Waals surface area contributed by atoms with Crippen LogP contribution in [0, 0.1) is 13.8 Å². The monoisotopic (exact) mass is 545 g/mol. The van der Waals surface area contributed by atoms with Crippen molar-refractivity contribution < 1.29 is 14.3 Å². The van der Waals surface area contributed by atoms with Gasteiger partial charge in [-0.1, -0.05) is 29.3 Å². The van der Waals surface area contributed by atoms with Crippen molar-refractivity contribution in [2.45, 2.75) is 20.4 Å². The third-order valence-corrected chi connectivity index (χ3v) is 7.21. The van der Waals surface area contributed by atoms with E-state index in [1.807, 2.05) is 44.2 Å². The molecule has 0 aliphatic carbocycles. The van der Waals surface area contributed by atoms with E-state index in [9.17, 15) is 9.59 Å². The largest absolute Gasteiger partial charge is 0.497 e. The number of aryl methyl sites for hydroxylation is 2. The molecule has 2 amide bonds. The second-order valence-corrected chi connectivity index (χ2v) is 9.98. The Labute approximate surface area is 230 Å². The lowest BCUT2D eigenvalue weighted by molar-refractivity contribution is -0.113. The first kappa shape index (κ1) is 25.6. The third-order valence-electron chi connectivity index (χ3n) is 6.47. The summed E-state index contributed by atoms with van der Waals surface area (Å²) in [6, 6.07) is 19.7. The minimum atomic E-state index is -0.258. The molecule has 192 valence electrons. The normalized spacial score (nSPS) is 13.7. The molecule has 8 heteroatoms. The summed E-state index contributed by atoms with van der Waals surface area (Å²) in [5, 5.41) is 3.83. The predicted octanol–water partition coefficient (Wildman–Crippen LogP) is 7.29. The number of aromatic nitrogens is 1. The van der Waals surface area contributed by atoms with Gasteiger partial charge in [0.15, 0.2) is 0 Å². The summed E-state index contributed by atoms with van der Waals surface area (Å²) in [6.07, 6.45) is 1.87. The second-order valence-electron chi connectivity index (χ2n) is 9.16. The van der Waals surface area contributed by atoms with E-state index in [4.69, 9.17) is 27.9 Å². The van der Waals surface area contributed by atoms with E-state index in [1.165, 1.54) is 0 Å². The molecule has 1 aliphatic rings. The molecule has 6 nitrogen and oxygen atoms in total. The van der Waals surface area contributed by atoms with Crippen LogP contribution in [0.2, 0.25) is 10.0 Å². The van der Waals surface area contributed by atoms with Gasteiger partial charge in [0, 0.05) is 28.2 Å². The maximum Gasteiger partial charge on any atom is 0.259 e. The standard InChI is InChI=1S/C30H25Cl2N3O3/c1-17-12-18(2)33-27(17)15-24-23-14-21(34-29(36)20-5-8-22(38-3)9-6-20)7-11-28(23)35(30(24)37)16-19-4-10-25(31)26(32)13-19/h4-15,33H,16H2,1-3H3,(H,34,36)/b24-15-. The number of H-pyrrole nitrogens is 1. The number of amides is 2. The van der Waals surface area contributed by atoms with E-state index >= 15 is 0 Å². The van der Waals surface area contributed by atoms with E-state index in [-0.39, 0.29) is 11.8 Å². The van der Waals surface area contributed by atoms with Gasteiger partial charge in [-0.25, -0.2) is 0 Å². The van der Waals surface area contributed by atoms with Crippen molar-refractivity contribution in [1.82, 2.24) is 4.98 Å². The lowest BCUT2D eigenvalue weighted by atomic mass is 10.0. The van der Waals surface area contributed by atoms with Gasteiger partial charge in [-0.15, -0.1) is 0 Å². The molecule has 3 aromatic carbocycles. The van der Waals surface area contributed by atoms with Crippen LogP contribution >= 0.6 is 23.2 Å². The number of hydrogen-bond donors (Lipinski definition) is 2. The fourth-order valence-electron chi connectivity index (χ4n) is 4.54. The van der Waals surface area contributed by atoms with E-state index < -0.39 is 0 Å². The number of nitrogens with zero attached hydrogens (tertiary/aromatic N) is 1. The number of methoxy groups -OCH3 is 1. The van der Waals surface area contributed by atoms with Gasteiger partial charge in [-0.2, -0.15) is 0 Å². The van der Waals surface area contributed by atoms with Crippen LogP contribution in [0.1, 0.15) is 38.4 Å². The van der Waals surface area contributed by atoms with Crippen LogP contribution in [0.4, 0.5) is 11.4 Å². The summed E-state index contributed by atoms with van der Waals surface area (Å²) < 4.78 is 5.17. The van der Waals surface area contributed by atoms with Gasteiger partial charge in [0.1, 0.15) is 5.75 Å². The summed E-state index contributed by atoms with van der Waals surface area (Å²) in [6.45, 7) is 4.29. The van der Waals surface area contributed by atoms with Gasteiger partial charge >= 0.3 is 0 Å². The van der Waals surface area contributed by atoms with Gasteiger partial charge in [-0.3, -0.25) is 9.59 Å². The minimum Gasteiger partial charge on any atom is -0.497 e. The Kier molecular flexibility index (Phi) is 7.02.